The summed E-state index contributed by atoms with van der Waals surface area (Å²) in [5.74, 6) is 0.825. The number of hydrogen-bond donors (Lipinski definition) is 0. The summed E-state index contributed by atoms with van der Waals surface area (Å²) in [4.78, 5) is 17.9. The lowest BCUT2D eigenvalue weighted by Crippen LogP contribution is -2.21. The molecule has 25 heavy (non-hydrogen) atoms. The molecule has 0 atom stereocenters. The number of aryl methyl sites for hydroxylation is 2. The summed E-state index contributed by atoms with van der Waals surface area (Å²) in [6, 6.07) is 18.1. The Hall–Kier alpha value is -2.88. The fourth-order valence-corrected chi connectivity index (χ4v) is 3.49. The Bertz CT molecular complexity index is 1110. The maximum atomic E-state index is 13.1. The lowest BCUT2D eigenvalue weighted by molar-refractivity contribution is 0.634. The van der Waals surface area contributed by atoms with E-state index in [-0.39, 0.29) is 5.56 Å². The van der Waals surface area contributed by atoms with Gasteiger partial charge in [0.25, 0.3) is 5.56 Å². The SMILES string of the molecule is CCCCn1c(=O)c2nc(-c3ccccc3)n(C)c2c2ccccc21. The van der Waals surface area contributed by atoms with Crippen LogP contribution >= 0.6 is 0 Å². The van der Waals surface area contributed by atoms with Crippen LogP contribution in [0.15, 0.2) is 59.4 Å². The Morgan fingerprint density at radius 1 is 1.00 bits per heavy atom. The third-order valence-corrected chi connectivity index (χ3v) is 4.76. The van der Waals surface area contributed by atoms with Gasteiger partial charge in [0.15, 0.2) is 5.52 Å². The van der Waals surface area contributed by atoms with E-state index in [2.05, 4.69) is 13.0 Å². The van der Waals surface area contributed by atoms with E-state index in [0.717, 1.165) is 47.2 Å². The van der Waals surface area contributed by atoms with Gasteiger partial charge in [0.1, 0.15) is 5.82 Å². The Morgan fingerprint density at radius 3 is 2.48 bits per heavy atom. The molecule has 4 rings (SSSR count). The van der Waals surface area contributed by atoms with Gasteiger partial charge >= 0.3 is 0 Å². The minimum atomic E-state index is -0.0000638. The van der Waals surface area contributed by atoms with Crippen molar-refractivity contribution in [3.63, 3.8) is 0 Å². The third-order valence-electron chi connectivity index (χ3n) is 4.76. The second kappa shape index (κ2) is 6.20. The first-order chi connectivity index (χ1) is 12.2. The van der Waals surface area contributed by atoms with Gasteiger partial charge in [-0.25, -0.2) is 4.98 Å². The normalized spacial score (nSPS) is 11.4. The quantitative estimate of drug-likeness (QED) is 0.557. The van der Waals surface area contributed by atoms with Crippen LogP contribution in [-0.2, 0) is 13.6 Å². The zero-order valence-corrected chi connectivity index (χ0v) is 14.6. The van der Waals surface area contributed by atoms with E-state index in [4.69, 9.17) is 4.98 Å². The van der Waals surface area contributed by atoms with Crippen LogP contribution in [0.5, 0.6) is 0 Å². The van der Waals surface area contributed by atoms with Gasteiger partial charge in [-0.1, -0.05) is 61.9 Å². The lowest BCUT2D eigenvalue weighted by atomic mass is 10.1. The summed E-state index contributed by atoms with van der Waals surface area (Å²) in [5, 5.41) is 1.07. The van der Waals surface area contributed by atoms with Gasteiger partial charge in [0.2, 0.25) is 0 Å². The highest BCUT2D eigenvalue weighted by atomic mass is 16.1. The molecule has 0 bridgehead atoms. The van der Waals surface area contributed by atoms with E-state index in [0.29, 0.717) is 5.52 Å². The maximum absolute atomic E-state index is 13.1. The number of fused-ring (bicyclic) bond motifs is 3. The number of nitrogens with zero attached hydrogens (tertiary/aromatic N) is 3. The van der Waals surface area contributed by atoms with Crippen LogP contribution in [-0.4, -0.2) is 14.1 Å². The predicted octanol–water partition coefficient (Wildman–Crippen LogP) is 4.36. The molecular weight excluding hydrogens is 310 g/mol. The van der Waals surface area contributed by atoms with Crippen molar-refractivity contribution in [1.82, 2.24) is 14.1 Å². The van der Waals surface area contributed by atoms with E-state index < -0.39 is 0 Å². The lowest BCUT2D eigenvalue weighted by Gasteiger charge is -2.11. The Kier molecular flexibility index (Phi) is 3.88. The first kappa shape index (κ1) is 15.6. The maximum Gasteiger partial charge on any atom is 0.279 e. The van der Waals surface area contributed by atoms with Gasteiger partial charge in [-0.05, 0) is 12.5 Å². The van der Waals surface area contributed by atoms with Crippen molar-refractivity contribution in [2.24, 2.45) is 7.05 Å². The van der Waals surface area contributed by atoms with Gasteiger partial charge in [0.05, 0.1) is 11.0 Å². The molecule has 0 saturated heterocycles. The smallest absolute Gasteiger partial charge is 0.279 e. The van der Waals surface area contributed by atoms with E-state index >= 15 is 0 Å². The Balaban J connectivity index is 2.10. The summed E-state index contributed by atoms with van der Waals surface area (Å²) in [6.45, 7) is 2.86. The molecule has 0 aliphatic carbocycles. The topological polar surface area (TPSA) is 39.8 Å². The molecule has 0 amide bonds. The zero-order valence-electron chi connectivity index (χ0n) is 14.6. The number of imidazole rings is 1. The van der Waals surface area contributed by atoms with Crippen molar-refractivity contribution in [1.29, 1.82) is 0 Å². The molecule has 0 fully saturated rings. The van der Waals surface area contributed by atoms with Gasteiger partial charge in [-0.2, -0.15) is 0 Å². The van der Waals surface area contributed by atoms with E-state index in [1.165, 1.54) is 0 Å². The average molecular weight is 331 g/mol. The molecule has 4 nitrogen and oxygen atoms in total. The second-order valence-corrected chi connectivity index (χ2v) is 6.39. The molecule has 2 aromatic carbocycles. The number of unbranched alkanes of at least 4 members (excludes halogenated alkanes) is 1. The molecule has 0 aliphatic rings. The number of rotatable bonds is 4. The van der Waals surface area contributed by atoms with Crippen molar-refractivity contribution in [3.05, 3.63) is 65.0 Å². The van der Waals surface area contributed by atoms with Gasteiger partial charge < -0.3 is 9.13 Å². The average Bonchev–Trinajstić information content (AvgIpc) is 3.00. The Morgan fingerprint density at radius 2 is 1.72 bits per heavy atom. The molecule has 4 aromatic rings. The molecule has 0 saturated carbocycles. The predicted molar refractivity (Wildman–Crippen MR) is 103 cm³/mol. The highest BCUT2D eigenvalue weighted by Crippen LogP contribution is 2.27. The van der Waals surface area contributed by atoms with Crippen LogP contribution in [0.3, 0.4) is 0 Å². The summed E-state index contributed by atoms with van der Waals surface area (Å²) in [6.07, 6.45) is 2.03. The second-order valence-electron chi connectivity index (χ2n) is 6.39. The number of benzene rings is 2. The molecular formula is C21H21N3O. The van der Waals surface area contributed by atoms with E-state index in [9.17, 15) is 4.79 Å². The summed E-state index contributed by atoms with van der Waals surface area (Å²) >= 11 is 0. The number of hydrogen-bond acceptors (Lipinski definition) is 2. The molecule has 2 aromatic heterocycles. The first-order valence-electron chi connectivity index (χ1n) is 8.75. The summed E-state index contributed by atoms with van der Waals surface area (Å²) < 4.78 is 3.92. The van der Waals surface area contributed by atoms with Crippen LogP contribution in [0.25, 0.3) is 33.3 Å². The van der Waals surface area contributed by atoms with Gasteiger partial charge in [-0.3, -0.25) is 4.79 Å². The molecule has 0 unspecified atom stereocenters. The van der Waals surface area contributed by atoms with Crippen molar-refractivity contribution < 1.29 is 0 Å². The molecule has 126 valence electrons. The third kappa shape index (κ3) is 2.45. The standard InChI is InChI=1S/C21H21N3O/c1-3-4-14-24-17-13-9-8-12-16(17)19-18(21(24)25)22-20(23(19)2)15-10-6-5-7-11-15/h5-13H,3-4,14H2,1-2H3. The fraction of sp³-hybridized carbons (Fsp3) is 0.238. The van der Waals surface area contributed by atoms with Gasteiger partial charge in [-0.15, -0.1) is 0 Å². The van der Waals surface area contributed by atoms with Gasteiger partial charge in [0, 0.05) is 24.5 Å². The highest BCUT2D eigenvalue weighted by Gasteiger charge is 2.18. The highest BCUT2D eigenvalue weighted by molar-refractivity contribution is 6.03. The molecule has 4 heteroatoms. The first-order valence-corrected chi connectivity index (χ1v) is 8.75. The van der Waals surface area contributed by atoms with Crippen LogP contribution in [0.1, 0.15) is 19.8 Å². The zero-order chi connectivity index (χ0) is 17.4. The minimum Gasteiger partial charge on any atom is -0.326 e. The largest absolute Gasteiger partial charge is 0.326 e. The minimum absolute atomic E-state index is 0.0000638. The number of aromatic nitrogens is 3. The molecule has 2 heterocycles. The Labute approximate surface area is 146 Å². The van der Waals surface area contributed by atoms with E-state index in [1.54, 1.807) is 0 Å². The molecule has 0 aliphatic heterocycles. The number of para-hydroxylation sites is 1. The van der Waals surface area contributed by atoms with Crippen molar-refractivity contribution in [3.8, 4) is 11.4 Å². The van der Waals surface area contributed by atoms with Crippen LogP contribution in [0.2, 0.25) is 0 Å². The summed E-state index contributed by atoms with van der Waals surface area (Å²) in [5.41, 5.74) is 3.46. The van der Waals surface area contributed by atoms with E-state index in [1.807, 2.05) is 64.7 Å². The van der Waals surface area contributed by atoms with Crippen LogP contribution < -0.4 is 5.56 Å². The molecule has 0 radical (unpaired) electrons. The van der Waals surface area contributed by atoms with Crippen LogP contribution in [0, 0.1) is 0 Å². The molecule has 0 N–H and O–H groups in total. The molecule has 0 spiro atoms. The number of pyridine rings is 1. The van der Waals surface area contributed by atoms with Crippen molar-refractivity contribution in [2.75, 3.05) is 0 Å². The van der Waals surface area contributed by atoms with Crippen LogP contribution in [0.4, 0.5) is 0 Å². The van der Waals surface area contributed by atoms with Crippen molar-refractivity contribution >= 4 is 21.9 Å². The monoisotopic (exact) mass is 331 g/mol. The fourth-order valence-electron chi connectivity index (χ4n) is 3.49. The summed E-state index contributed by atoms with van der Waals surface area (Å²) in [7, 11) is 1.99. The van der Waals surface area contributed by atoms with Crippen molar-refractivity contribution in [2.45, 2.75) is 26.3 Å².